The molecule has 1 aromatic rings. The lowest BCUT2D eigenvalue weighted by molar-refractivity contribution is -0.384. The molecule has 1 aliphatic rings. The third-order valence-electron chi connectivity index (χ3n) is 4.34. The lowest BCUT2D eigenvalue weighted by atomic mass is 9.93. The minimum Gasteiger partial charge on any atom is -0.367 e. The smallest absolute Gasteiger partial charge is 0.293 e. The van der Waals surface area contributed by atoms with Gasteiger partial charge in [0, 0.05) is 43.6 Å². The highest BCUT2D eigenvalue weighted by atomic mass is 16.6. The van der Waals surface area contributed by atoms with E-state index in [1.54, 1.807) is 12.1 Å². The predicted octanol–water partition coefficient (Wildman–Crippen LogP) is 3.03. The Labute approximate surface area is 142 Å². The summed E-state index contributed by atoms with van der Waals surface area (Å²) in [6.07, 6.45) is 0.373. The molecule has 1 unspecified atom stereocenters. The number of anilines is 1. The molecule has 7 nitrogen and oxygen atoms in total. The van der Waals surface area contributed by atoms with Crippen molar-refractivity contribution in [2.75, 3.05) is 24.5 Å². The van der Waals surface area contributed by atoms with Gasteiger partial charge in [-0.25, -0.2) is 5.01 Å². The maximum absolute atomic E-state index is 11.9. The highest BCUT2D eigenvalue weighted by molar-refractivity contribution is 6.06. The minimum absolute atomic E-state index is 0.0111. The molecule has 1 heterocycles. The molecule has 0 fully saturated rings. The number of nitro groups is 1. The second kappa shape index (κ2) is 7.42. The van der Waals surface area contributed by atoms with E-state index in [-0.39, 0.29) is 22.4 Å². The van der Waals surface area contributed by atoms with E-state index >= 15 is 0 Å². The average Bonchev–Trinajstić information content (AvgIpc) is 2.56. The summed E-state index contributed by atoms with van der Waals surface area (Å²) in [4.78, 5) is 25.0. The molecule has 1 aliphatic heterocycles. The molecule has 130 valence electrons. The first-order chi connectivity index (χ1) is 11.4. The lowest BCUT2D eigenvalue weighted by Gasteiger charge is -2.27. The third kappa shape index (κ3) is 3.39. The fourth-order valence-electron chi connectivity index (χ4n) is 3.00. The third-order valence-corrected chi connectivity index (χ3v) is 4.34. The fraction of sp³-hybridized carbons (Fsp3) is 0.529. The molecule has 24 heavy (non-hydrogen) atoms. The van der Waals surface area contributed by atoms with E-state index in [4.69, 9.17) is 0 Å². The molecule has 0 aromatic heterocycles. The van der Waals surface area contributed by atoms with Crippen molar-refractivity contribution in [3.63, 3.8) is 0 Å². The summed E-state index contributed by atoms with van der Waals surface area (Å²) in [6.45, 7) is 9.63. The number of carbonyl (C=O) groups is 1. The molecule has 0 radical (unpaired) electrons. The van der Waals surface area contributed by atoms with Crippen LogP contribution in [0.4, 0.5) is 11.4 Å². The van der Waals surface area contributed by atoms with Gasteiger partial charge < -0.3 is 4.90 Å². The number of benzene rings is 1. The van der Waals surface area contributed by atoms with Crippen LogP contribution in [0.2, 0.25) is 0 Å². The van der Waals surface area contributed by atoms with Gasteiger partial charge in [-0.05, 0) is 26.8 Å². The number of hydrogen-bond acceptors (Lipinski definition) is 5. The number of carbonyl (C=O) groups excluding carboxylic acids is 1. The van der Waals surface area contributed by atoms with Crippen LogP contribution in [0.25, 0.3) is 0 Å². The van der Waals surface area contributed by atoms with E-state index in [1.807, 2.05) is 38.7 Å². The zero-order valence-electron chi connectivity index (χ0n) is 14.7. The molecule has 7 heteroatoms. The molecule has 1 aromatic carbocycles. The molecule has 1 atom stereocenters. The Kier molecular flexibility index (Phi) is 5.54. The Hall–Kier alpha value is -2.44. The number of hydrazone groups is 1. The Morgan fingerprint density at radius 3 is 2.54 bits per heavy atom. The summed E-state index contributed by atoms with van der Waals surface area (Å²) in [7, 11) is 0. The number of amides is 1. The van der Waals surface area contributed by atoms with Gasteiger partial charge in [0.1, 0.15) is 5.69 Å². The van der Waals surface area contributed by atoms with Crippen molar-refractivity contribution >= 4 is 23.0 Å². The van der Waals surface area contributed by atoms with E-state index in [0.717, 1.165) is 5.71 Å². The van der Waals surface area contributed by atoms with Crippen LogP contribution in [-0.2, 0) is 4.79 Å². The highest BCUT2D eigenvalue weighted by Crippen LogP contribution is 2.31. The van der Waals surface area contributed by atoms with Crippen molar-refractivity contribution in [1.29, 1.82) is 0 Å². The SMILES string of the molecule is CCN1N=C(c2ccc(N(CC)CC)c([N+](=O)[O-])c2)C(C)CC1=O. The molecule has 0 N–H and O–H groups in total. The van der Waals surface area contributed by atoms with Crippen molar-refractivity contribution in [2.45, 2.75) is 34.1 Å². The number of nitrogens with zero attached hydrogens (tertiary/aromatic N) is 4. The molecule has 0 spiro atoms. The van der Waals surface area contributed by atoms with E-state index in [2.05, 4.69) is 5.10 Å². The van der Waals surface area contributed by atoms with Crippen LogP contribution in [0.1, 0.15) is 39.7 Å². The van der Waals surface area contributed by atoms with Crippen molar-refractivity contribution in [3.05, 3.63) is 33.9 Å². The molecule has 0 saturated carbocycles. The lowest BCUT2D eigenvalue weighted by Crippen LogP contribution is -2.36. The minimum atomic E-state index is -0.353. The van der Waals surface area contributed by atoms with E-state index in [0.29, 0.717) is 37.3 Å². The van der Waals surface area contributed by atoms with Crippen LogP contribution in [-0.4, -0.2) is 41.2 Å². The van der Waals surface area contributed by atoms with Gasteiger partial charge in [0.05, 0.1) is 10.6 Å². The zero-order chi connectivity index (χ0) is 17.9. The van der Waals surface area contributed by atoms with E-state index in [1.165, 1.54) is 5.01 Å². The van der Waals surface area contributed by atoms with Crippen LogP contribution in [0.3, 0.4) is 0 Å². The van der Waals surface area contributed by atoms with Crippen molar-refractivity contribution in [1.82, 2.24) is 5.01 Å². The Bertz CT molecular complexity index is 668. The Morgan fingerprint density at radius 1 is 1.33 bits per heavy atom. The summed E-state index contributed by atoms with van der Waals surface area (Å²) >= 11 is 0. The standard InChI is InChI=1S/C17H24N4O3/c1-5-19(6-2)14-9-8-13(11-15(14)21(23)24)17-12(4)10-16(22)20(7-3)18-17/h8-9,11-12H,5-7,10H2,1-4H3. The van der Waals surface area contributed by atoms with Crippen molar-refractivity contribution in [2.24, 2.45) is 11.0 Å². The zero-order valence-corrected chi connectivity index (χ0v) is 14.7. The van der Waals surface area contributed by atoms with Gasteiger partial charge in [-0.3, -0.25) is 14.9 Å². The van der Waals surface area contributed by atoms with Crippen LogP contribution < -0.4 is 4.90 Å². The molecular formula is C17H24N4O3. The van der Waals surface area contributed by atoms with Crippen LogP contribution in [0.5, 0.6) is 0 Å². The van der Waals surface area contributed by atoms with Crippen LogP contribution in [0, 0.1) is 16.0 Å². The second-order valence-electron chi connectivity index (χ2n) is 5.83. The van der Waals surface area contributed by atoms with Crippen molar-refractivity contribution < 1.29 is 9.72 Å². The van der Waals surface area contributed by atoms with Gasteiger partial charge in [-0.15, -0.1) is 0 Å². The molecular weight excluding hydrogens is 308 g/mol. The molecule has 1 amide bonds. The number of hydrogen-bond donors (Lipinski definition) is 0. The molecule has 0 bridgehead atoms. The van der Waals surface area contributed by atoms with Crippen molar-refractivity contribution in [3.8, 4) is 0 Å². The van der Waals surface area contributed by atoms with Gasteiger partial charge in [0.15, 0.2) is 0 Å². The first kappa shape index (κ1) is 17.9. The van der Waals surface area contributed by atoms with Gasteiger partial charge in [0.2, 0.25) is 5.91 Å². The Balaban J connectivity index is 2.50. The molecule has 0 saturated heterocycles. The predicted molar refractivity (Wildman–Crippen MR) is 94.4 cm³/mol. The maximum Gasteiger partial charge on any atom is 0.293 e. The Morgan fingerprint density at radius 2 is 2.00 bits per heavy atom. The summed E-state index contributed by atoms with van der Waals surface area (Å²) in [5, 5.41) is 17.4. The summed E-state index contributed by atoms with van der Waals surface area (Å²) in [6, 6.07) is 5.22. The monoisotopic (exact) mass is 332 g/mol. The van der Waals surface area contributed by atoms with Crippen LogP contribution in [0.15, 0.2) is 23.3 Å². The van der Waals surface area contributed by atoms with Gasteiger partial charge in [-0.2, -0.15) is 5.10 Å². The molecule has 2 rings (SSSR count). The second-order valence-corrected chi connectivity index (χ2v) is 5.83. The average molecular weight is 332 g/mol. The number of nitro benzene ring substituents is 1. The first-order valence-corrected chi connectivity index (χ1v) is 8.35. The van der Waals surface area contributed by atoms with Crippen LogP contribution >= 0.6 is 0 Å². The summed E-state index contributed by atoms with van der Waals surface area (Å²) in [5.74, 6) is -0.0674. The van der Waals surface area contributed by atoms with Gasteiger partial charge >= 0.3 is 0 Å². The summed E-state index contributed by atoms with van der Waals surface area (Å²) in [5.41, 5.74) is 2.12. The summed E-state index contributed by atoms with van der Waals surface area (Å²) < 4.78 is 0. The van der Waals surface area contributed by atoms with Gasteiger partial charge in [-0.1, -0.05) is 13.0 Å². The van der Waals surface area contributed by atoms with E-state index < -0.39 is 0 Å². The van der Waals surface area contributed by atoms with Gasteiger partial charge in [0.25, 0.3) is 5.69 Å². The largest absolute Gasteiger partial charge is 0.367 e. The fourth-order valence-corrected chi connectivity index (χ4v) is 3.00. The first-order valence-electron chi connectivity index (χ1n) is 8.35. The highest BCUT2D eigenvalue weighted by Gasteiger charge is 2.28. The maximum atomic E-state index is 11.9. The topological polar surface area (TPSA) is 79.1 Å². The number of rotatable bonds is 6. The quantitative estimate of drug-likeness (QED) is 0.592. The molecule has 0 aliphatic carbocycles. The normalized spacial score (nSPS) is 17.7. The van der Waals surface area contributed by atoms with E-state index in [9.17, 15) is 14.9 Å².